The fraction of sp³-hybridized carbons (Fsp3) is 0.400. The maximum Gasteiger partial charge on any atom is 0.256 e. The molecule has 0 spiro atoms. The molecule has 0 aliphatic carbocycles. The SMILES string of the molecule is CCCN(CCC)c1ccc(NC(=O)c2ccc(C)c(C)c2)nc1. The smallest absolute Gasteiger partial charge is 0.256 e. The molecule has 0 atom stereocenters. The lowest BCUT2D eigenvalue weighted by Crippen LogP contribution is -2.25. The number of anilines is 2. The van der Waals surface area contributed by atoms with Crippen LogP contribution < -0.4 is 10.2 Å². The number of aromatic nitrogens is 1. The fourth-order valence-corrected chi connectivity index (χ4v) is 2.63. The first-order chi connectivity index (χ1) is 11.5. The molecule has 128 valence electrons. The van der Waals surface area contributed by atoms with Gasteiger partial charge in [0.15, 0.2) is 0 Å². The molecule has 0 aliphatic heterocycles. The number of amides is 1. The molecule has 2 aromatic rings. The van der Waals surface area contributed by atoms with E-state index in [0.717, 1.165) is 37.2 Å². The zero-order valence-electron chi connectivity index (χ0n) is 15.1. The molecule has 4 nitrogen and oxygen atoms in total. The largest absolute Gasteiger partial charge is 0.370 e. The summed E-state index contributed by atoms with van der Waals surface area (Å²) in [5.74, 6) is 0.451. The van der Waals surface area contributed by atoms with Crippen LogP contribution >= 0.6 is 0 Å². The van der Waals surface area contributed by atoms with Crippen LogP contribution in [0.1, 0.15) is 48.2 Å². The van der Waals surface area contributed by atoms with Crippen LogP contribution in [-0.2, 0) is 0 Å². The van der Waals surface area contributed by atoms with Crippen molar-refractivity contribution >= 4 is 17.4 Å². The Balaban J connectivity index is 2.07. The highest BCUT2D eigenvalue weighted by Crippen LogP contribution is 2.17. The lowest BCUT2D eigenvalue weighted by Gasteiger charge is -2.23. The molecule has 0 saturated carbocycles. The molecule has 0 unspecified atom stereocenters. The number of benzene rings is 1. The third kappa shape index (κ3) is 4.57. The van der Waals surface area contributed by atoms with Gasteiger partial charge in [0.1, 0.15) is 5.82 Å². The Hall–Kier alpha value is -2.36. The van der Waals surface area contributed by atoms with E-state index < -0.39 is 0 Å². The van der Waals surface area contributed by atoms with E-state index in [4.69, 9.17) is 0 Å². The van der Waals surface area contributed by atoms with Gasteiger partial charge in [-0.1, -0.05) is 19.9 Å². The molecule has 0 saturated heterocycles. The maximum absolute atomic E-state index is 12.3. The van der Waals surface area contributed by atoms with E-state index in [1.165, 1.54) is 5.56 Å². The van der Waals surface area contributed by atoms with Crippen LogP contribution in [0.15, 0.2) is 36.5 Å². The summed E-state index contributed by atoms with van der Waals surface area (Å²) >= 11 is 0. The quantitative estimate of drug-likeness (QED) is 0.810. The molecule has 1 heterocycles. The molecule has 0 bridgehead atoms. The van der Waals surface area contributed by atoms with Crippen LogP contribution in [0.4, 0.5) is 11.5 Å². The molecule has 0 fully saturated rings. The maximum atomic E-state index is 12.3. The van der Waals surface area contributed by atoms with E-state index in [9.17, 15) is 4.79 Å². The number of nitrogens with one attached hydrogen (secondary N) is 1. The number of carbonyl (C=O) groups is 1. The van der Waals surface area contributed by atoms with E-state index in [1.54, 1.807) is 0 Å². The zero-order valence-corrected chi connectivity index (χ0v) is 15.1. The van der Waals surface area contributed by atoms with Gasteiger partial charge in [-0.25, -0.2) is 4.98 Å². The first kappa shape index (κ1) is 18.0. The van der Waals surface area contributed by atoms with Crippen molar-refractivity contribution < 1.29 is 4.79 Å². The number of pyridine rings is 1. The van der Waals surface area contributed by atoms with Crippen LogP contribution in [0.3, 0.4) is 0 Å². The van der Waals surface area contributed by atoms with E-state index in [0.29, 0.717) is 11.4 Å². The van der Waals surface area contributed by atoms with Crippen LogP contribution in [0.5, 0.6) is 0 Å². The summed E-state index contributed by atoms with van der Waals surface area (Å²) in [7, 11) is 0. The zero-order chi connectivity index (χ0) is 17.5. The highest BCUT2D eigenvalue weighted by molar-refractivity contribution is 6.03. The van der Waals surface area contributed by atoms with Gasteiger partial charge in [0, 0.05) is 18.7 Å². The standard InChI is InChI=1S/C20H27N3O/c1-5-11-23(12-6-2)18-9-10-19(21-14-18)22-20(24)17-8-7-15(3)16(4)13-17/h7-10,13-14H,5-6,11-12H2,1-4H3,(H,21,22,24). The van der Waals surface area contributed by atoms with Crippen LogP contribution in [0.25, 0.3) is 0 Å². The number of aryl methyl sites for hydroxylation is 2. The Morgan fingerprint density at radius 3 is 2.29 bits per heavy atom. The first-order valence-electron chi connectivity index (χ1n) is 8.64. The predicted molar refractivity (Wildman–Crippen MR) is 101 cm³/mol. The summed E-state index contributed by atoms with van der Waals surface area (Å²) in [6.45, 7) is 10.4. The number of carbonyl (C=O) groups excluding carboxylic acids is 1. The Morgan fingerprint density at radius 1 is 1.04 bits per heavy atom. The third-order valence-electron chi connectivity index (χ3n) is 4.11. The summed E-state index contributed by atoms with van der Waals surface area (Å²) in [5.41, 5.74) is 4.05. The van der Waals surface area contributed by atoms with Crippen LogP contribution in [0.2, 0.25) is 0 Å². The van der Waals surface area contributed by atoms with Crippen LogP contribution in [-0.4, -0.2) is 24.0 Å². The van der Waals surface area contributed by atoms with Crippen molar-refractivity contribution in [1.82, 2.24) is 4.98 Å². The van der Waals surface area contributed by atoms with Gasteiger partial charge in [0.05, 0.1) is 11.9 Å². The van der Waals surface area contributed by atoms with Crippen molar-refractivity contribution in [1.29, 1.82) is 0 Å². The van der Waals surface area contributed by atoms with Crippen molar-refractivity contribution in [2.24, 2.45) is 0 Å². The second-order valence-corrected chi connectivity index (χ2v) is 6.14. The number of nitrogens with zero attached hydrogens (tertiary/aromatic N) is 2. The Labute approximate surface area is 144 Å². The molecule has 0 aliphatic rings. The minimum atomic E-state index is -0.127. The van der Waals surface area contributed by atoms with Gasteiger partial charge in [0.25, 0.3) is 5.91 Å². The molecule has 4 heteroatoms. The van der Waals surface area contributed by atoms with Gasteiger partial charge >= 0.3 is 0 Å². The molecule has 1 N–H and O–H groups in total. The number of rotatable bonds is 7. The minimum Gasteiger partial charge on any atom is -0.370 e. The summed E-state index contributed by atoms with van der Waals surface area (Å²) in [6, 6.07) is 9.61. The molecule has 1 aromatic carbocycles. The highest BCUT2D eigenvalue weighted by Gasteiger charge is 2.09. The Morgan fingerprint density at radius 2 is 1.75 bits per heavy atom. The molecular formula is C20H27N3O. The lowest BCUT2D eigenvalue weighted by atomic mass is 10.1. The Bertz CT molecular complexity index is 674. The van der Waals surface area contributed by atoms with Gasteiger partial charge in [-0.3, -0.25) is 4.79 Å². The van der Waals surface area contributed by atoms with Crippen molar-refractivity contribution in [3.63, 3.8) is 0 Å². The van der Waals surface area contributed by atoms with Gasteiger partial charge in [-0.2, -0.15) is 0 Å². The average molecular weight is 325 g/mol. The summed E-state index contributed by atoms with van der Waals surface area (Å²) in [6.07, 6.45) is 4.04. The van der Waals surface area contributed by atoms with E-state index >= 15 is 0 Å². The molecule has 24 heavy (non-hydrogen) atoms. The molecular weight excluding hydrogens is 298 g/mol. The minimum absolute atomic E-state index is 0.127. The lowest BCUT2D eigenvalue weighted by molar-refractivity contribution is 0.102. The number of hydrogen-bond acceptors (Lipinski definition) is 3. The first-order valence-corrected chi connectivity index (χ1v) is 8.64. The summed E-state index contributed by atoms with van der Waals surface area (Å²) in [4.78, 5) is 19.1. The van der Waals surface area contributed by atoms with Crippen molar-refractivity contribution in [2.75, 3.05) is 23.3 Å². The second kappa shape index (κ2) is 8.48. The van der Waals surface area contributed by atoms with Gasteiger partial charge in [-0.05, 0) is 62.1 Å². The topological polar surface area (TPSA) is 45.2 Å². The van der Waals surface area contributed by atoms with E-state index in [-0.39, 0.29) is 5.91 Å². The fourth-order valence-electron chi connectivity index (χ4n) is 2.63. The van der Waals surface area contributed by atoms with Crippen molar-refractivity contribution in [3.05, 3.63) is 53.2 Å². The summed E-state index contributed by atoms with van der Waals surface area (Å²) in [5, 5.41) is 2.87. The van der Waals surface area contributed by atoms with E-state index in [2.05, 4.69) is 29.0 Å². The molecule has 1 aromatic heterocycles. The Kier molecular flexibility index (Phi) is 6.36. The monoisotopic (exact) mass is 325 g/mol. The summed E-state index contributed by atoms with van der Waals surface area (Å²) < 4.78 is 0. The molecule has 2 rings (SSSR count). The van der Waals surface area contributed by atoms with Crippen molar-refractivity contribution in [3.8, 4) is 0 Å². The normalized spacial score (nSPS) is 10.5. The molecule has 0 radical (unpaired) electrons. The van der Waals surface area contributed by atoms with Gasteiger partial charge in [0.2, 0.25) is 0 Å². The van der Waals surface area contributed by atoms with Crippen molar-refractivity contribution in [2.45, 2.75) is 40.5 Å². The van der Waals surface area contributed by atoms with Gasteiger partial charge < -0.3 is 10.2 Å². The average Bonchev–Trinajstić information content (AvgIpc) is 2.58. The third-order valence-corrected chi connectivity index (χ3v) is 4.11. The second-order valence-electron chi connectivity index (χ2n) is 6.14. The number of hydrogen-bond donors (Lipinski definition) is 1. The van der Waals surface area contributed by atoms with E-state index in [1.807, 2.05) is 50.4 Å². The predicted octanol–water partition coefficient (Wildman–Crippen LogP) is 4.58. The highest BCUT2D eigenvalue weighted by atomic mass is 16.1. The van der Waals surface area contributed by atoms with Gasteiger partial charge in [-0.15, -0.1) is 0 Å². The molecule has 1 amide bonds. The van der Waals surface area contributed by atoms with Crippen LogP contribution in [0, 0.1) is 13.8 Å².